The molecule has 0 spiro atoms. The number of anilines is 1. The number of ether oxygens (including phenoxy) is 4. The fraction of sp³-hybridized carbons (Fsp3) is 0.261. The van der Waals surface area contributed by atoms with Crippen molar-refractivity contribution in [3.8, 4) is 34.1 Å². The molecule has 0 fully saturated rings. The van der Waals surface area contributed by atoms with Gasteiger partial charge in [-0.3, -0.25) is 4.79 Å². The van der Waals surface area contributed by atoms with E-state index in [2.05, 4.69) is 10.7 Å². The van der Waals surface area contributed by atoms with Gasteiger partial charge in [0.05, 0.1) is 34.1 Å². The normalized spacial score (nSPS) is 15.2. The lowest BCUT2D eigenvalue weighted by Crippen LogP contribution is -2.22. The third kappa shape index (κ3) is 3.45. The summed E-state index contributed by atoms with van der Waals surface area (Å²) in [4.78, 5) is 13.7. The number of fused-ring (bicyclic) bond motifs is 1. The summed E-state index contributed by atoms with van der Waals surface area (Å²) in [6.45, 7) is 0. The molecular weight excluding hydrogens is 402 g/mol. The molecule has 1 aliphatic rings. The highest BCUT2D eigenvalue weighted by molar-refractivity contribution is 7.11. The number of carbonyl (C=O) groups excluding carboxylic acids is 1. The third-order valence-electron chi connectivity index (χ3n) is 5.28. The van der Waals surface area contributed by atoms with Gasteiger partial charge < -0.3 is 24.3 Å². The van der Waals surface area contributed by atoms with Crippen LogP contribution in [0.2, 0.25) is 0 Å². The van der Waals surface area contributed by atoms with Crippen LogP contribution in [0.1, 0.15) is 22.8 Å². The number of methoxy groups -OCH3 is 4. The van der Waals surface area contributed by atoms with E-state index in [9.17, 15) is 4.79 Å². The fourth-order valence-electron chi connectivity index (χ4n) is 3.78. The molecule has 0 aliphatic carbocycles. The molecule has 1 N–H and O–H groups in total. The van der Waals surface area contributed by atoms with E-state index in [1.165, 1.54) is 0 Å². The van der Waals surface area contributed by atoms with Gasteiger partial charge in [-0.15, -0.1) is 11.3 Å². The van der Waals surface area contributed by atoms with Crippen molar-refractivity contribution in [1.82, 2.24) is 0 Å². The Hall–Kier alpha value is -3.19. The molecular formula is C23H23NO5S. The number of benzene rings is 2. The van der Waals surface area contributed by atoms with Crippen molar-refractivity contribution in [3.05, 3.63) is 52.2 Å². The first-order valence-corrected chi connectivity index (χ1v) is 10.3. The zero-order chi connectivity index (χ0) is 21.3. The van der Waals surface area contributed by atoms with Crippen LogP contribution in [-0.4, -0.2) is 34.3 Å². The zero-order valence-corrected chi connectivity index (χ0v) is 18.1. The number of amides is 1. The molecule has 0 saturated heterocycles. The lowest BCUT2D eigenvalue weighted by atomic mass is 9.88. The van der Waals surface area contributed by atoms with Crippen molar-refractivity contribution in [1.29, 1.82) is 0 Å². The zero-order valence-electron chi connectivity index (χ0n) is 17.3. The SMILES string of the molecule is COc1ccc(-c2csc3c2NC(=O)C[C@@H]3c2cc(OC)c(OC)c(OC)c2)cc1. The molecule has 1 aliphatic heterocycles. The van der Waals surface area contributed by atoms with Gasteiger partial charge in [-0.1, -0.05) is 12.1 Å². The molecule has 7 heteroatoms. The molecule has 6 nitrogen and oxygen atoms in total. The topological polar surface area (TPSA) is 66.0 Å². The lowest BCUT2D eigenvalue weighted by Gasteiger charge is -2.25. The molecule has 0 saturated carbocycles. The summed E-state index contributed by atoms with van der Waals surface area (Å²) in [7, 11) is 6.40. The molecule has 1 atom stereocenters. The summed E-state index contributed by atoms with van der Waals surface area (Å²) in [5, 5.41) is 5.15. The standard InChI is InChI=1S/C23H23NO5S/c1-26-15-7-5-13(6-8-15)17-12-30-23-16(11-20(25)24-21(17)23)14-9-18(27-2)22(29-4)19(10-14)28-3/h5-10,12,16H,11H2,1-4H3,(H,24,25)/t16-/m1/s1. The van der Waals surface area contributed by atoms with Gasteiger partial charge in [-0.05, 0) is 35.4 Å². The first kappa shape index (κ1) is 20.1. The molecule has 30 heavy (non-hydrogen) atoms. The van der Waals surface area contributed by atoms with E-state index in [1.54, 1.807) is 39.8 Å². The summed E-state index contributed by atoms with van der Waals surface area (Å²) >= 11 is 1.64. The van der Waals surface area contributed by atoms with Crippen LogP contribution in [0, 0.1) is 0 Å². The second-order valence-electron chi connectivity index (χ2n) is 6.88. The molecule has 0 bridgehead atoms. The van der Waals surface area contributed by atoms with Crippen molar-refractivity contribution >= 4 is 22.9 Å². The minimum absolute atomic E-state index is 0.0191. The second-order valence-corrected chi connectivity index (χ2v) is 7.79. The molecule has 1 aromatic heterocycles. The van der Waals surface area contributed by atoms with Crippen LogP contribution >= 0.6 is 11.3 Å². The summed E-state index contributed by atoms with van der Waals surface area (Å²) in [5.41, 5.74) is 3.84. The average molecular weight is 426 g/mol. The first-order valence-electron chi connectivity index (χ1n) is 9.45. The Kier molecular flexibility index (Phi) is 5.55. The van der Waals surface area contributed by atoms with Crippen LogP contribution < -0.4 is 24.3 Å². The van der Waals surface area contributed by atoms with Gasteiger partial charge in [-0.2, -0.15) is 0 Å². The van der Waals surface area contributed by atoms with E-state index >= 15 is 0 Å². The summed E-state index contributed by atoms with van der Waals surface area (Å²) in [5.74, 6) is 2.36. The summed E-state index contributed by atoms with van der Waals surface area (Å²) < 4.78 is 21.7. The number of nitrogens with one attached hydrogen (secondary N) is 1. The van der Waals surface area contributed by atoms with Gasteiger partial charge in [0.15, 0.2) is 11.5 Å². The van der Waals surface area contributed by atoms with Crippen LogP contribution in [0.5, 0.6) is 23.0 Å². The number of rotatable bonds is 6. The summed E-state index contributed by atoms with van der Waals surface area (Å²) in [6.07, 6.45) is 0.355. The number of hydrogen-bond acceptors (Lipinski definition) is 6. The predicted molar refractivity (Wildman–Crippen MR) is 117 cm³/mol. The Morgan fingerprint density at radius 1 is 0.933 bits per heavy atom. The molecule has 3 aromatic rings. The molecule has 0 radical (unpaired) electrons. The van der Waals surface area contributed by atoms with Crippen molar-refractivity contribution in [2.24, 2.45) is 0 Å². The van der Waals surface area contributed by atoms with E-state index < -0.39 is 0 Å². The van der Waals surface area contributed by atoms with Crippen LogP contribution in [0.25, 0.3) is 11.1 Å². The molecule has 156 valence electrons. The van der Waals surface area contributed by atoms with Gasteiger partial charge >= 0.3 is 0 Å². The maximum absolute atomic E-state index is 12.6. The summed E-state index contributed by atoms with van der Waals surface area (Å²) in [6, 6.07) is 11.7. The largest absolute Gasteiger partial charge is 0.497 e. The molecule has 2 aromatic carbocycles. The van der Waals surface area contributed by atoms with E-state index in [0.717, 1.165) is 33.0 Å². The van der Waals surface area contributed by atoms with Crippen LogP contribution in [0.3, 0.4) is 0 Å². The first-order chi connectivity index (χ1) is 14.6. The average Bonchev–Trinajstić information content (AvgIpc) is 3.21. The highest BCUT2D eigenvalue weighted by atomic mass is 32.1. The van der Waals surface area contributed by atoms with Crippen molar-refractivity contribution in [3.63, 3.8) is 0 Å². The van der Waals surface area contributed by atoms with E-state index in [0.29, 0.717) is 23.7 Å². The Morgan fingerprint density at radius 2 is 1.60 bits per heavy atom. The Labute approximate surface area is 179 Å². The Balaban J connectivity index is 1.80. The number of thiophene rings is 1. The highest BCUT2D eigenvalue weighted by Gasteiger charge is 2.32. The van der Waals surface area contributed by atoms with Crippen LogP contribution in [-0.2, 0) is 4.79 Å². The Bertz CT molecular complexity index is 1050. The maximum Gasteiger partial charge on any atom is 0.225 e. The van der Waals surface area contributed by atoms with Crippen LogP contribution in [0.4, 0.5) is 5.69 Å². The van der Waals surface area contributed by atoms with E-state index in [1.807, 2.05) is 36.4 Å². The number of hydrogen-bond donors (Lipinski definition) is 1. The minimum atomic E-state index is -0.0977. The Morgan fingerprint density at radius 3 is 2.17 bits per heavy atom. The van der Waals surface area contributed by atoms with Gasteiger partial charge in [0.25, 0.3) is 0 Å². The monoisotopic (exact) mass is 425 g/mol. The minimum Gasteiger partial charge on any atom is -0.497 e. The molecule has 2 heterocycles. The molecule has 0 unspecified atom stereocenters. The fourth-order valence-corrected chi connectivity index (χ4v) is 4.94. The van der Waals surface area contributed by atoms with Crippen molar-refractivity contribution < 1.29 is 23.7 Å². The quantitative estimate of drug-likeness (QED) is 0.607. The van der Waals surface area contributed by atoms with E-state index in [4.69, 9.17) is 18.9 Å². The third-order valence-corrected chi connectivity index (χ3v) is 6.38. The van der Waals surface area contributed by atoms with Gasteiger partial charge in [0.1, 0.15) is 5.75 Å². The van der Waals surface area contributed by atoms with Crippen molar-refractivity contribution in [2.45, 2.75) is 12.3 Å². The van der Waals surface area contributed by atoms with Crippen LogP contribution in [0.15, 0.2) is 41.8 Å². The van der Waals surface area contributed by atoms with Gasteiger partial charge in [0, 0.05) is 28.2 Å². The maximum atomic E-state index is 12.6. The smallest absolute Gasteiger partial charge is 0.225 e. The predicted octanol–water partition coefficient (Wildman–Crippen LogP) is 4.92. The highest BCUT2D eigenvalue weighted by Crippen LogP contribution is 2.49. The van der Waals surface area contributed by atoms with Gasteiger partial charge in [0.2, 0.25) is 11.7 Å². The lowest BCUT2D eigenvalue weighted by molar-refractivity contribution is -0.116. The van der Waals surface area contributed by atoms with Crippen molar-refractivity contribution in [2.75, 3.05) is 33.8 Å². The molecule has 4 rings (SSSR count). The second kappa shape index (κ2) is 8.28. The van der Waals surface area contributed by atoms with E-state index in [-0.39, 0.29) is 11.8 Å². The molecule has 1 amide bonds. The van der Waals surface area contributed by atoms with Gasteiger partial charge in [-0.25, -0.2) is 0 Å². The number of carbonyl (C=O) groups is 1.